The third-order valence-corrected chi connectivity index (χ3v) is 7.11. The van der Waals surface area contributed by atoms with E-state index in [1.165, 1.54) is 32.0 Å². The Morgan fingerprint density at radius 1 is 1.06 bits per heavy atom. The van der Waals surface area contributed by atoms with Gasteiger partial charge in [0, 0.05) is 44.4 Å². The molecule has 0 bridgehead atoms. The largest absolute Gasteiger partial charge is 0.493 e. The van der Waals surface area contributed by atoms with E-state index in [9.17, 15) is 0 Å². The minimum atomic E-state index is -0.232. The Balaban J connectivity index is 1.81. The summed E-state index contributed by atoms with van der Waals surface area (Å²) in [6.07, 6.45) is 2.81. The van der Waals surface area contributed by atoms with E-state index in [0.717, 1.165) is 35.2 Å². The van der Waals surface area contributed by atoms with Crippen LogP contribution in [-0.2, 0) is 11.2 Å². The fraction of sp³-hybridized carbons (Fsp3) is 0.321. The van der Waals surface area contributed by atoms with E-state index in [0.29, 0.717) is 0 Å². The summed E-state index contributed by atoms with van der Waals surface area (Å²) in [5, 5.41) is 1.15. The maximum atomic E-state index is 6.47. The maximum Gasteiger partial charge on any atom is 0.129 e. The van der Waals surface area contributed by atoms with Gasteiger partial charge in [-0.2, -0.15) is 0 Å². The molecule has 0 saturated heterocycles. The summed E-state index contributed by atoms with van der Waals surface area (Å²) >= 11 is 1.84. The van der Waals surface area contributed by atoms with Crippen molar-refractivity contribution in [2.24, 2.45) is 0 Å². The first kappa shape index (κ1) is 21.2. The summed E-state index contributed by atoms with van der Waals surface area (Å²) in [5.41, 5.74) is 6.95. The number of benzene rings is 2. The van der Waals surface area contributed by atoms with Gasteiger partial charge in [-0.3, -0.25) is 4.98 Å². The van der Waals surface area contributed by atoms with Crippen LogP contribution >= 0.6 is 11.3 Å². The van der Waals surface area contributed by atoms with Crippen LogP contribution in [0.25, 0.3) is 32.5 Å². The molecule has 1 atom stereocenters. The highest BCUT2D eigenvalue weighted by Gasteiger charge is 2.28. The number of hydrogen-bond acceptors (Lipinski definition) is 4. The molecule has 0 spiro atoms. The van der Waals surface area contributed by atoms with E-state index in [2.05, 4.69) is 83.1 Å². The fourth-order valence-corrected chi connectivity index (χ4v) is 6.06. The van der Waals surface area contributed by atoms with Crippen LogP contribution in [0.2, 0.25) is 0 Å². The molecule has 0 saturated carbocycles. The molecular formula is C28H29NO2S. The number of aromatic nitrogens is 1. The molecule has 0 aliphatic carbocycles. The maximum absolute atomic E-state index is 6.47. The quantitative estimate of drug-likeness (QED) is 0.323. The van der Waals surface area contributed by atoms with Gasteiger partial charge in [0.15, 0.2) is 0 Å². The molecule has 0 radical (unpaired) electrons. The van der Waals surface area contributed by atoms with Gasteiger partial charge in [-0.1, -0.05) is 30.3 Å². The molecule has 3 heterocycles. The third kappa shape index (κ3) is 3.72. The molecule has 1 aliphatic rings. The Kier molecular flexibility index (Phi) is 5.31. The molecule has 0 amide bonds. The Morgan fingerprint density at radius 3 is 2.59 bits per heavy atom. The van der Waals surface area contributed by atoms with Gasteiger partial charge in [-0.25, -0.2) is 0 Å². The zero-order valence-electron chi connectivity index (χ0n) is 19.4. The van der Waals surface area contributed by atoms with Crippen molar-refractivity contribution in [2.75, 3.05) is 6.61 Å². The standard InChI is InChI=1S/C28H29NO2S/c1-17(31-28(3,4)5)23-18(2)32-27(20-9-7-6-8-10-20)25(23)21-11-12-22-24-19(14-16-30-22)13-15-29-26(21)24/h6-13,15,17H,14,16H2,1-5H3. The molecule has 4 heteroatoms. The summed E-state index contributed by atoms with van der Waals surface area (Å²) in [7, 11) is 0. The average molecular weight is 444 g/mol. The van der Waals surface area contributed by atoms with Gasteiger partial charge < -0.3 is 9.47 Å². The number of hydrogen-bond donors (Lipinski definition) is 0. The topological polar surface area (TPSA) is 31.4 Å². The molecule has 1 aliphatic heterocycles. The molecule has 0 fully saturated rings. The molecule has 5 rings (SSSR count). The molecule has 164 valence electrons. The summed E-state index contributed by atoms with van der Waals surface area (Å²) in [4.78, 5) is 7.41. The second-order valence-electron chi connectivity index (χ2n) is 9.42. The Labute approximate surface area is 194 Å². The van der Waals surface area contributed by atoms with E-state index in [1.54, 1.807) is 0 Å². The first-order chi connectivity index (χ1) is 15.3. The van der Waals surface area contributed by atoms with Crippen LogP contribution in [0, 0.1) is 6.92 Å². The van der Waals surface area contributed by atoms with Crippen molar-refractivity contribution in [1.29, 1.82) is 0 Å². The molecule has 2 aromatic carbocycles. The minimum absolute atomic E-state index is 0.0409. The predicted molar refractivity (Wildman–Crippen MR) is 134 cm³/mol. The summed E-state index contributed by atoms with van der Waals surface area (Å²) < 4.78 is 12.5. The fourth-order valence-electron chi connectivity index (χ4n) is 4.80. The Hall–Kier alpha value is -2.69. The normalized spacial score (nSPS) is 14.4. The van der Waals surface area contributed by atoms with Gasteiger partial charge in [0.05, 0.1) is 23.8 Å². The van der Waals surface area contributed by atoms with Gasteiger partial charge in [0.25, 0.3) is 0 Å². The lowest BCUT2D eigenvalue weighted by atomic mass is 9.91. The van der Waals surface area contributed by atoms with Crippen LogP contribution in [0.4, 0.5) is 0 Å². The molecule has 4 aromatic rings. The zero-order valence-corrected chi connectivity index (χ0v) is 20.2. The number of ether oxygens (including phenoxy) is 2. The molecule has 0 N–H and O–H groups in total. The van der Waals surface area contributed by atoms with Crippen LogP contribution in [0.5, 0.6) is 5.75 Å². The van der Waals surface area contributed by atoms with Crippen LogP contribution < -0.4 is 4.74 Å². The van der Waals surface area contributed by atoms with E-state index in [4.69, 9.17) is 14.5 Å². The summed E-state index contributed by atoms with van der Waals surface area (Å²) in [5.74, 6) is 0.937. The third-order valence-electron chi connectivity index (χ3n) is 5.94. The SMILES string of the molecule is Cc1sc(-c2ccccc2)c(-c2ccc3c4c(ccnc24)CCO3)c1C(C)OC(C)(C)C. The van der Waals surface area contributed by atoms with Crippen molar-refractivity contribution in [3.63, 3.8) is 0 Å². The molecular weight excluding hydrogens is 414 g/mol. The van der Waals surface area contributed by atoms with E-state index in [1.807, 2.05) is 17.5 Å². The van der Waals surface area contributed by atoms with E-state index >= 15 is 0 Å². The van der Waals surface area contributed by atoms with Crippen LogP contribution in [0.15, 0.2) is 54.7 Å². The van der Waals surface area contributed by atoms with Crippen molar-refractivity contribution < 1.29 is 9.47 Å². The highest BCUT2D eigenvalue weighted by atomic mass is 32.1. The monoisotopic (exact) mass is 443 g/mol. The second kappa shape index (κ2) is 8.02. The Bertz CT molecular complexity index is 1270. The van der Waals surface area contributed by atoms with Crippen LogP contribution in [0.1, 0.15) is 49.8 Å². The van der Waals surface area contributed by atoms with Crippen molar-refractivity contribution in [1.82, 2.24) is 4.98 Å². The number of rotatable bonds is 4. The summed E-state index contributed by atoms with van der Waals surface area (Å²) in [6, 6.07) is 17.1. The zero-order chi connectivity index (χ0) is 22.5. The van der Waals surface area contributed by atoms with Gasteiger partial charge in [-0.05, 0) is 63.9 Å². The highest BCUT2D eigenvalue weighted by molar-refractivity contribution is 7.16. The van der Waals surface area contributed by atoms with Gasteiger partial charge in [-0.15, -0.1) is 11.3 Å². The number of aryl methyl sites for hydroxylation is 1. The van der Waals surface area contributed by atoms with Crippen molar-refractivity contribution >= 4 is 22.2 Å². The molecule has 1 unspecified atom stereocenters. The first-order valence-corrected chi connectivity index (χ1v) is 12.1. The lowest BCUT2D eigenvalue weighted by Crippen LogP contribution is -2.21. The minimum Gasteiger partial charge on any atom is -0.493 e. The second-order valence-corrected chi connectivity index (χ2v) is 10.6. The average Bonchev–Trinajstić information content (AvgIpc) is 3.11. The van der Waals surface area contributed by atoms with Crippen molar-refractivity contribution in [3.05, 3.63) is 70.7 Å². The van der Waals surface area contributed by atoms with Gasteiger partial charge in [0.1, 0.15) is 5.75 Å². The van der Waals surface area contributed by atoms with Crippen LogP contribution in [0.3, 0.4) is 0 Å². The number of pyridine rings is 1. The molecule has 3 nitrogen and oxygen atoms in total. The molecule has 32 heavy (non-hydrogen) atoms. The number of nitrogens with zero attached hydrogens (tertiary/aromatic N) is 1. The number of thiophene rings is 1. The van der Waals surface area contributed by atoms with Crippen molar-refractivity contribution in [3.8, 4) is 27.3 Å². The van der Waals surface area contributed by atoms with Crippen LogP contribution in [-0.4, -0.2) is 17.2 Å². The van der Waals surface area contributed by atoms with Crippen molar-refractivity contribution in [2.45, 2.75) is 52.7 Å². The van der Waals surface area contributed by atoms with Gasteiger partial charge in [0.2, 0.25) is 0 Å². The highest BCUT2D eigenvalue weighted by Crippen LogP contribution is 2.49. The Morgan fingerprint density at radius 2 is 1.84 bits per heavy atom. The van der Waals surface area contributed by atoms with Gasteiger partial charge >= 0.3 is 0 Å². The van der Waals surface area contributed by atoms with E-state index in [-0.39, 0.29) is 11.7 Å². The van der Waals surface area contributed by atoms with E-state index < -0.39 is 0 Å². The molecule has 2 aromatic heterocycles. The smallest absolute Gasteiger partial charge is 0.129 e. The summed E-state index contributed by atoms with van der Waals surface area (Å²) in [6.45, 7) is 11.4. The first-order valence-electron chi connectivity index (χ1n) is 11.2. The predicted octanol–water partition coefficient (Wildman–Crippen LogP) is 7.75. The lowest BCUT2D eigenvalue weighted by Gasteiger charge is -2.27. The lowest BCUT2D eigenvalue weighted by molar-refractivity contribution is -0.0527.